The number of nitrogens with zero attached hydrogens (tertiary/aromatic N) is 3. The number of amides is 2. The molecule has 2 aliphatic heterocycles. The summed E-state index contributed by atoms with van der Waals surface area (Å²) in [7, 11) is 0. The molecule has 0 saturated carbocycles. The van der Waals surface area contributed by atoms with Crippen molar-refractivity contribution < 1.29 is 28.9 Å². The summed E-state index contributed by atoms with van der Waals surface area (Å²) in [6.07, 6.45) is -1.08. The van der Waals surface area contributed by atoms with E-state index in [0.717, 1.165) is 4.90 Å². The van der Waals surface area contributed by atoms with E-state index in [1.807, 2.05) is 6.07 Å². The summed E-state index contributed by atoms with van der Waals surface area (Å²) in [6, 6.07) is 20.2. The highest BCUT2D eigenvalue weighted by Crippen LogP contribution is 2.47. The van der Waals surface area contributed by atoms with Crippen LogP contribution in [0.4, 0.5) is 17.1 Å². The Morgan fingerprint density at radius 2 is 1.61 bits per heavy atom. The van der Waals surface area contributed by atoms with Crippen LogP contribution in [0, 0.1) is 16.0 Å². The van der Waals surface area contributed by atoms with Crippen LogP contribution in [0.1, 0.15) is 28.9 Å². The number of hydrogen-bond acceptors (Lipinski definition) is 8. The third kappa shape index (κ3) is 3.87. The van der Waals surface area contributed by atoms with Gasteiger partial charge >= 0.3 is 5.97 Å². The Morgan fingerprint density at radius 1 is 0.944 bits per heavy atom. The summed E-state index contributed by atoms with van der Waals surface area (Å²) in [5.41, 5.74) is 1.76. The van der Waals surface area contributed by atoms with Gasteiger partial charge in [-0.1, -0.05) is 30.3 Å². The zero-order valence-corrected chi connectivity index (χ0v) is 19.1. The largest absolute Gasteiger partial charge is 0.462 e. The zero-order valence-electron chi connectivity index (χ0n) is 19.1. The van der Waals surface area contributed by atoms with Gasteiger partial charge in [0.15, 0.2) is 6.10 Å². The van der Waals surface area contributed by atoms with E-state index in [4.69, 9.17) is 9.57 Å². The number of carbonyl (C=O) groups is 3. The lowest BCUT2D eigenvalue weighted by molar-refractivity contribution is -0.384. The molecule has 3 unspecified atom stereocenters. The van der Waals surface area contributed by atoms with Crippen molar-refractivity contribution in [1.29, 1.82) is 0 Å². The molecule has 182 valence electrons. The number of imide groups is 1. The quantitative estimate of drug-likeness (QED) is 0.223. The van der Waals surface area contributed by atoms with Gasteiger partial charge in [-0.05, 0) is 48.9 Å². The first kappa shape index (κ1) is 23.2. The highest BCUT2D eigenvalue weighted by atomic mass is 16.7. The standard InChI is InChI=1S/C26H21N3O7/c1-2-35-26(32)17-10-12-18(13-11-17)27-24(30)21-22(16-8-14-20(15-9-16)29(33)34)28(36-23(21)25(27)31)19-6-4-3-5-7-19/h3-15,21-23H,2H2,1H3. The maximum atomic E-state index is 13.7. The van der Waals surface area contributed by atoms with Crippen molar-refractivity contribution in [3.05, 3.63) is 100 Å². The number of para-hydroxylation sites is 1. The summed E-state index contributed by atoms with van der Waals surface area (Å²) < 4.78 is 4.98. The minimum atomic E-state index is -1.08. The van der Waals surface area contributed by atoms with Crippen LogP contribution in [-0.4, -0.2) is 35.4 Å². The van der Waals surface area contributed by atoms with Crippen molar-refractivity contribution in [2.75, 3.05) is 16.6 Å². The average Bonchev–Trinajstić information content (AvgIpc) is 3.40. The molecule has 3 aromatic carbocycles. The number of anilines is 2. The van der Waals surface area contributed by atoms with E-state index in [1.165, 1.54) is 41.5 Å². The van der Waals surface area contributed by atoms with Gasteiger partial charge in [0.25, 0.3) is 11.6 Å². The van der Waals surface area contributed by atoms with Crippen LogP contribution in [0.5, 0.6) is 0 Å². The first-order chi connectivity index (χ1) is 17.4. The molecule has 3 atom stereocenters. The van der Waals surface area contributed by atoms with Crippen molar-refractivity contribution in [2.24, 2.45) is 5.92 Å². The summed E-state index contributed by atoms with van der Waals surface area (Å²) >= 11 is 0. The van der Waals surface area contributed by atoms with E-state index < -0.39 is 40.8 Å². The van der Waals surface area contributed by atoms with Gasteiger partial charge < -0.3 is 4.74 Å². The SMILES string of the molecule is CCOC(=O)c1ccc(N2C(=O)C3ON(c4ccccc4)C(c4ccc([N+](=O)[O-])cc4)C3C2=O)cc1. The fraction of sp³-hybridized carbons (Fsp3) is 0.192. The highest BCUT2D eigenvalue weighted by Gasteiger charge is 2.60. The molecule has 10 nitrogen and oxygen atoms in total. The minimum absolute atomic E-state index is 0.0855. The topological polar surface area (TPSA) is 119 Å². The van der Waals surface area contributed by atoms with Gasteiger partial charge in [0, 0.05) is 12.1 Å². The molecule has 0 aromatic heterocycles. The number of non-ortho nitro benzene ring substituents is 1. The summed E-state index contributed by atoms with van der Waals surface area (Å²) in [5.74, 6) is -2.38. The number of carbonyl (C=O) groups excluding carboxylic acids is 3. The second-order valence-corrected chi connectivity index (χ2v) is 8.29. The molecular weight excluding hydrogens is 466 g/mol. The lowest BCUT2D eigenvalue weighted by Gasteiger charge is -2.28. The van der Waals surface area contributed by atoms with Crippen LogP contribution >= 0.6 is 0 Å². The maximum Gasteiger partial charge on any atom is 0.338 e. The molecule has 3 aromatic rings. The van der Waals surface area contributed by atoms with E-state index in [-0.39, 0.29) is 12.3 Å². The Labute approximate surface area is 205 Å². The van der Waals surface area contributed by atoms with Gasteiger partial charge in [-0.2, -0.15) is 0 Å². The predicted molar refractivity (Wildman–Crippen MR) is 128 cm³/mol. The maximum absolute atomic E-state index is 13.7. The second-order valence-electron chi connectivity index (χ2n) is 8.29. The van der Waals surface area contributed by atoms with Crippen molar-refractivity contribution in [3.63, 3.8) is 0 Å². The van der Waals surface area contributed by atoms with Gasteiger partial charge in [0.2, 0.25) is 5.91 Å². The molecule has 0 bridgehead atoms. The van der Waals surface area contributed by atoms with E-state index >= 15 is 0 Å². The number of nitro groups is 1. The molecule has 2 saturated heterocycles. The molecular formula is C26H21N3O7. The van der Waals surface area contributed by atoms with Gasteiger partial charge in [0.1, 0.15) is 5.92 Å². The summed E-state index contributed by atoms with van der Waals surface area (Å²) in [4.78, 5) is 56.8. The van der Waals surface area contributed by atoms with Gasteiger partial charge in [-0.25, -0.2) is 14.8 Å². The smallest absolute Gasteiger partial charge is 0.338 e. The number of fused-ring (bicyclic) bond motifs is 1. The predicted octanol–water partition coefficient (Wildman–Crippen LogP) is 3.82. The van der Waals surface area contributed by atoms with Crippen LogP contribution in [0.2, 0.25) is 0 Å². The number of rotatable bonds is 6. The fourth-order valence-electron chi connectivity index (χ4n) is 4.56. The second kappa shape index (κ2) is 9.23. The lowest BCUT2D eigenvalue weighted by atomic mass is 9.90. The Bertz CT molecular complexity index is 1330. The molecule has 5 rings (SSSR count). The van der Waals surface area contributed by atoms with Crippen molar-refractivity contribution in [3.8, 4) is 0 Å². The molecule has 0 N–H and O–H groups in total. The molecule has 2 aliphatic rings. The van der Waals surface area contributed by atoms with Crippen LogP contribution in [-0.2, 0) is 19.2 Å². The van der Waals surface area contributed by atoms with Crippen LogP contribution < -0.4 is 9.96 Å². The molecule has 36 heavy (non-hydrogen) atoms. The Balaban J connectivity index is 1.50. The van der Waals surface area contributed by atoms with E-state index in [0.29, 0.717) is 22.5 Å². The van der Waals surface area contributed by atoms with Gasteiger partial charge in [0.05, 0.1) is 34.5 Å². The Morgan fingerprint density at radius 3 is 2.22 bits per heavy atom. The van der Waals surface area contributed by atoms with Crippen molar-refractivity contribution >= 4 is 34.8 Å². The highest BCUT2D eigenvalue weighted by molar-refractivity contribution is 6.24. The number of ether oxygens (including phenoxy) is 1. The Kier molecular flexibility index (Phi) is 5.95. The van der Waals surface area contributed by atoms with E-state index in [9.17, 15) is 24.5 Å². The normalized spacial score (nSPS) is 21.0. The number of esters is 1. The molecule has 10 heteroatoms. The first-order valence-corrected chi connectivity index (χ1v) is 11.3. The van der Waals surface area contributed by atoms with E-state index in [2.05, 4.69) is 0 Å². The molecule has 2 heterocycles. The number of hydrogen-bond donors (Lipinski definition) is 0. The number of nitro benzene ring substituents is 1. The third-order valence-electron chi connectivity index (χ3n) is 6.21. The van der Waals surface area contributed by atoms with Crippen LogP contribution in [0.25, 0.3) is 0 Å². The minimum Gasteiger partial charge on any atom is -0.462 e. The number of hydroxylamine groups is 1. The molecule has 0 aliphatic carbocycles. The van der Waals surface area contributed by atoms with Crippen molar-refractivity contribution in [1.82, 2.24) is 0 Å². The number of benzene rings is 3. The summed E-state index contributed by atoms with van der Waals surface area (Å²) in [6.45, 7) is 1.93. The Hall–Kier alpha value is -4.57. The first-order valence-electron chi connectivity index (χ1n) is 11.3. The van der Waals surface area contributed by atoms with Crippen LogP contribution in [0.15, 0.2) is 78.9 Å². The molecule has 2 fully saturated rings. The summed E-state index contributed by atoms with van der Waals surface area (Å²) in [5, 5.41) is 12.7. The molecule has 0 radical (unpaired) electrons. The van der Waals surface area contributed by atoms with E-state index in [1.54, 1.807) is 43.3 Å². The molecule has 0 spiro atoms. The monoisotopic (exact) mass is 487 g/mol. The lowest BCUT2D eigenvalue weighted by Crippen LogP contribution is -2.37. The van der Waals surface area contributed by atoms with Gasteiger partial charge in [-0.3, -0.25) is 24.5 Å². The van der Waals surface area contributed by atoms with Gasteiger partial charge in [-0.15, -0.1) is 0 Å². The average molecular weight is 487 g/mol. The van der Waals surface area contributed by atoms with Crippen molar-refractivity contribution in [2.45, 2.75) is 19.1 Å². The zero-order chi connectivity index (χ0) is 25.4. The van der Waals surface area contributed by atoms with Crippen LogP contribution in [0.3, 0.4) is 0 Å². The fourth-order valence-corrected chi connectivity index (χ4v) is 4.56. The third-order valence-corrected chi connectivity index (χ3v) is 6.21. The molecule has 2 amide bonds.